The van der Waals surface area contributed by atoms with Crippen molar-refractivity contribution >= 4 is 39.3 Å². The van der Waals surface area contributed by atoms with E-state index >= 15 is 4.39 Å². The standard InChI is InChI=1S/C61H63F2N11O7/c1-5-45-48(62)17-16-39-23-42(75)25-46(52(39)45)54-57(55-47(28-66-54)58(72-29-40-24-41(72)27-65-40)69-61(68-55)81-44-18-21-79-22-19-44)80-32-35-8-10-37(11-9-35)50-31-74(71-70-50)56(33(2)3)60(78)73-30-43(76)26-51(73)59(77)67-34(4)36-12-14-38(15-13-36)53-49(63)7-6-20-64-53/h6-17,20,23,25,28,31,33-34,40-41,43-44,51,56,65,75-76H,5,18-19,21-22,24,26-27,29-30,32H2,1-4H3,(H,67,77)/t34-,40-,41-,43+,51-,56-/m0/s1. The van der Waals surface area contributed by atoms with Gasteiger partial charge in [-0.05, 0) is 83.5 Å². The number of halogens is 2. The summed E-state index contributed by atoms with van der Waals surface area (Å²) in [7, 11) is 0. The first-order valence-corrected chi connectivity index (χ1v) is 27.8. The molecule has 12 rings (SSSR count). The summed E-state index contributed by atoms with van der Waals surface area (Å²) in [6.07, 6.45) is 6.71. The first kappa shape index (κ1) is 53.4. The summed E-state index contributed by atoms with van der Waals surface area (Å²) in [5, 5.41) is 39.5. The maximum Gasteiger partial charge on any atom is 0.319 e. The predicted octanol–water partition coefficient (Wildman–Crippen LogP) is 8.44. The topological polar surface area (TPSA) is 215 Å². The molecule has 0 aliphatic carbocycles. The van der Waals surface area contributed by atoms with Crippen LogP contribution in [0.1, 0.15) is 82.2 Å². The summed E-state index contributed by atoms with van der Waals surface area (Å²) in [6, 6.07) is 22.3. The van der Waals surface area contributed by atoms with Gasteiger partial charge in [0, 0.05) is 80.1 Å². The Labute approximate surface area is 466 Å². The fourth-order valence-corrected chi connectivity index (χ4v) is 12.0. The minimum Gasteiger partial charge on any atom is -0.508 e. The molecule has 2 amide bonds. The van der Waals surface area contributed by atoms with Crippen LogP contribution in [0.5, 0.6) is 17.5 Å². The van der Waals surface area contributed by atoms with E-state index in [9.17, 15) is 24.2 Å². The van der Waals surface area contributed by atoms with Gasteiger partial charge in [-0.15, -0.1) is 5.10 Å². The molecule has 0 saturated carbocycles. The number of amides is 2. The number of hydrogen-bond donors (Lipinski definition) is 4. The van der Waals surface area contributed by atoms with Crippen molar-refractivity contribution in [2.45, 2.75) is 109 Å². The summed E-state index contributed by atoms with van der Waals surface area (Å²) in [5.41, 5.74) is 5.39. The number of aliphatic hydroxyl groups excluding tert-OH is 1. The molecule has 81 heavy (non-hydrogen) atoms. The fourth-order valence-electron chi connectivity index (χ4n) is 12.0. The Morgan fingerprint density at radius 2 is 1.70 bits per heavy atom. The lowest BCUT2D eigenvalue weighted by Crippen LogP contribution is -2.49. The van der Waals surface area contributed by atoms with Gasteiger partial charge in [0.15, 0.2) is 5.75 Å². The Hall–Kier alpha value is -8.20. The number of phenolic OH excluding ortho intramolecular Hbond substituents is 1. The van der Waals surface area contributed by atoms with Crippen molar-refractivity contribution < 1.29 is 42.8 Å². The van der Waals surface area contributed by atoms with Crippen LogP contribution in [0.15, 0.2) is 104 Å². The molecule has 4 N–H and O–H groups in total. The Balaban J connectivity index is 0.813. The molecule has 4 aliphatic rings. The van der Waals surface area contributed by atoms with Crippen molar-refractivity contribution in [1.82, 2.24) is 50.5 Å². The lowest BCUT2D eigenvalue weighted by atomic mass is 9.94. The van der Waals surface area contributed by atoms with Crippen LogP contribution in [0.25, 0.3) is 55.4 Å². The zero-order valence-corrected chi connectivity index (χ0v) is 45.4. The van der Waals surface area contributed by atoms with E-state index in [1.165, 1.54) is 34.0 Å². The number of nitrogens with one attached hydrogen (secondary N) is 2. The van der Waals surface area contributed by atoms with Gasteiger partial charge in [0.1, 0.15) is 70.6 Å². The van der Waals surface area contributed by atoms with Crippen LogP contribution in [0.3, 0.4) is 0 Å². The number of aliphatic hydroxyl groups is 1. The number of β-amino-alcohol motifs (C(OH)–C–C–N with tert-alkyl or cyclic N) is 1. The molecule has 418 valence electrons. The zero-order chi connectivity index (χ0) is 56.1. The number of anilines is 1. The van der Waals surface area contributed by atoms with Crippen LogP contribution < -0.4 is 25.0 Å². The van der Waals surface area contributed by atoms with Gasteiger partial charge in [0.05, 0.1) is 36.9 Å². The average molecular weight is 1100 g/mol. The van der Waals surface area contributed by atoms with Crippen molar-refractivity contribution in [2.24, 2.45) is 5.92 Å². The quantitative estimate of drug-likeness (QED) is 0.0715. The largest absolute Gasteiger partial charge is 0.508 e. The van der Waals surface area contributed by atoms with Crippen molar-refractivity contribution in [1.29, 1.82) is 0 Å². The summed E-state index contributed by atoms with van der Waals surface area (Å²) in [5.74, 6) is -0.873. The summed E-state index contributed by atoms with van der Waals surface area (Å²) >= 11 is 0. The number of likely N-dealkylation sites (tertiary alicyclic amines) is 1. The minimum atomic E-state index is -0.938. The lowest BCUT2D eigenvalue weighted by Gasteiger charge is -2.30. The van der Waals surface area contributed by atoms with Crippen molar-refractivity contribution in [2.75, 3.05) is 37.7 Å². The van der Waals surface area contributed by atoms with Crippen LogP contribution in [0.2, 0.25) is 0 Å². The summed E-state index contributed by atoms with van der Waals surface area (Å²) in [4.78, 5) is 51.6. The molecule has 4 aromatic heterocycles. The maximum absolute atomic E-state index is 15.7. The van der Waals surface area contributed by atoms with Crippen LogP contribution >= 0.6 is 0 Å². The van der Waals surface area contributed by atoms with E-state index in [0.717, 1.165) is 36.2 Å². The number of pyridine rings is 2. The highest BCUT2D eigenvalue weighted by molar-refractivity contribution is 6.04. The smallest absolute Gasteiger partial charge is 0.319 e. The van der Waals surface area contributed by atoms with E-state index in [2.05, 4.69) is 30.8 Å². The van der Waals surface area contributed by atoms with Gasteiger partial charge in [-0.25, -0.2) is 13.5 Å². The predicted molar refractivity (Wildman–Crippen MR) is 299 cm³/mol. The second-order valence-corrected chi connectivity index (χ2v) is 21.9. The zero-order valence-electron chi connectivity index (χ0n) is 45.4. The molecule has 0 unspecified atom stereocenters. The van der Waals surface area contributed by atoms with Crippen LogP contribution in [0, 0.1) is 17.6 Å². The fraction of sp³-hybridized carbons (Fsp3) is 0.377. The molecule has 6 atom stereocenters. The molecule has 4 saturated heterocycles. The number of carbonyl (C=O) groups is 2. The van der Waals surface area contributed by atoms with Gasteiger partial charge < -0.3 is 44.9 Å². The number of hydrogen-bond acceptors (Lipinski definition) is 15. The number of carbonyl (C=O) groups excluding carboxylic acids is 2. The molecular formula is C61H63F2N11O7. The van der Waals surface area contributed by atoms with Crippen LogP contribution in [0.4, 0.5) is 14.6 Å². The lowest BCUT2D eigenvalue weighted by molar-refractivity contribution is -0.142. The molecule has 2 bridgehead atoms. The molecule has 4 aromatic carbocycles. The van der Waals surface area contributed by atoms with E-state index in [0.29, 0.717) is 99.8 Å². The molecule has 4 fully saturated rings. The molecule has 4 aliphatic heterocycles. The van der Waals surface area contributed by atoms with Gasteiger partial charge in [-0.2, -0.15) is 9.97 Å². The number of aromatic hydroxyl groups is 1. The Kier molecular flexibility index (Phi) is 14.8. The third-order valence-electron chi connectivity index (χ3n) is 16.2. The van der Waals surface area contributed by atoms with Crippen molar-refractivity contribution in [3.05, 3.63) is 132 Å². The SMILES string of the molecule is CCc1c(F)ccc2cc(O)cc(-c3ncc4c(N5C[C@@H]6C[C@H]5CN6)nc(OC5CCOCC5)nc4c3OCc3ccc(-c4cn([C@H](C(=O)N5C[C@H](O)C[C@H]5C(=O)N[C@@H](C)c5ccc(-c6ncccc6F)cc5)C(C)C)nn4)cc3)c12. The van der Waals surface area contributed by atoms with Gasteiger partial charge >= 0.3 is 6.01 Å². The number of aromatic nitrogens is 7. The van der Waals surface area contributed by atoms with Crippen LogP contribution in [-0.2, 0) is 27.4 Å². The molecule has 18 nitrogen and oxygen atoms in total. The van der Waals surface area contributed by atoms with E-state index in [4.69, 9.17) is 29.2 Å². The van der Waals surface area contributed by atoms with E-state index in [1.807, 2.05) is 52.0 Å². The third-order valence-corrected chi connectivity index (χ3v) is 16.2. The summed E-state index contributed by atoms with van der Waals surface area (Å²) < 4.78 is 50.8. The average Bonchev–Trinajstić information content (AvgIpc) is 4.40. The number of aryl methyl sites for hydroxylation is 1. The van der Waals surface area contributed by atoms with Crippen molar-refractivity contribution in [3.63, 3.8) is 0 Å². The first-order chi connectivity index (χ1) is 39.3. The highest BCUT2D eigenvalue weighted by Gasteiger charge is 2.44. The number of nitrogens with zero attached hydrogens (tertiary/aromatic N) is 9. The molecular weight excluding hydrogens is 1040 g/mol. The molecule has 0 spiro atoms. The number of piperazine rings is 1. The normalized spacial score (nSPS) is 19.9. The second-order valence-electron chi connectivity index (χ2n) is 21.9. The van der Waals surface area contributed by atoms with Gasteiger partial charge in [-0.3, -0.25) is 19.6 Å². The number of rotatable bonds is 16. The van der Waals surface area contributed by atoms with Gasteiger partial charge in [-0.1, -0.05) is 80.6 Å². The summed E-state index contributed by atoms with van der Waals surface area (Å²) in [6.45, 7) is 10.2. The van der Waals surface area contributed by atoms with Crippen LogP contribution in [-0.4, -0.2) is 125 Å². The van der Waals surface area contributed by atoms with Gasteiger partial charge in [0.2, 0.25) is 11.8 Å². The third kappa shape index (κ3) is 10.6. The highest BCUT2D eigenvalue weighted by Crippen LogP contribution is 2.45. The Morgan fingerprint density at radius 3 is 2.43 bits per heavy atom. The Morgan fingerprint density at radius 1 is 0.914 bits per heavy atom. The molecule has 0 radical (unpaired) electrons. The van der Waals surface area contributed by atoms with Gasteiger partial charge in [0.25, 0.3) is 0 Å². The second kappa shape index (κ2) is 22.4. The minimum absolute atomic E-state index is 0.0164. The molecule has 20 heteroatoms. The number of ether oxygens (including phenoxy) is 3. The maximum atomic E-state index is 15.7. The number of fused-ring (bicyclic) bond motifs is 4. The van der Waals surface area contributed by atoms with E-state index in [1.54, 1.807) is 54.9 Å². The number of phenols is 1. The number of benzene rings is 4. The van der Waals surface area contributed by atoms with Crippen molar-refractivity contribution in [3.8, 4) is 51.3 Å². The highest BCUT2D eigenvalue weighted by atomic mass is 19.1. The van der Waals surface area contributed by atoms with E-state index < -0.39 is 36.0 Å². The molecule has 8 aromatic rings. The van der Waals surface area contributed by atoms with E-state index in [-0.39, 0.29) is 66.8 Å². The molecule has 8 heterocycles. The Bertz CT molecular complexity index is 3650. The first-order valence-electron chi connectivity index (χ1n) is 27.8. The monoisotopic (exact) mass is 1100 g/mol.